The summed E-state index contributed by atoms with van der Waals surface area (Å²) >= 11 is 6.22. The van der Waals surface area contributed by atoms with Gasteiger partial charge in [-0.05, 0) is 39.6 Å². The molecule has 0 fully saturated rings. The zero-order valence-corrected chi connectivity index (χ0v) is 12.2. The van der Waals surface area contributed by atoms with Crippen molar-refractivity contribution >= 4 is 39.2 Å². The average Bonchev–Trinajstić information content (AvgIpc) is 2.77. The summed E-state index contributed by atoms with van der Waals surface area (Å²) in [5, 5.41) is 9.10. The predicted molar refractivity (Wildman–Crippen MR) is 72.3 cm³/mol. The van der Waals surface area contributed by atoms with Crippen molar-refractivity contribution < 1.29 is 0 Å². The lowest BCUT2D eigenvalue weighted by Gasteiger charge is -2.01. The normalized spacial score (nSPS) is 10.2. The van der Waals surface area contributed by atoms with Gasteiger partial charge >= 0.3 is 0 Å². The Labute approximate surface area is 116 Å². The van der Waals surface area contributed by atoms with Crippen molar-refractivity contribution in [1.29, 1.82) is 5.26 Å². The number of benzene rings is 1. The van der Waals surface area contributed by atoms with Gasteiger partial charge in [-0.1, -0.05) is 24.8 Å². The highest BCUT2D eigenvalue weighted by Crippen LogP contribution is 2.34. The number of nitrogens with zero attached hydrogens (tertiary/aromatic N) is 3. The highest BCUT2D eigenvalue weighted by atomic mass is 79.9. The Bertz CT molecular complexity index is 574. The number of rotatable bonds is 3. The Balaban J connectivity index is 2.30. The molecule has 0 aliphatic carbocycles. The van der Waals surface area contributed by atoms with Crippen LogP contribution in [0.2, 0.25) is 0 Å². The van der Waals surface area contributed by atoms with E-state index in [2.05, 4.69) is 31.4 Å². The van der Waals surface area contributed by atoms with Crippen LogP contribution in [0.15, 0.2) is 31.9 Å². The lowest BCUT2D eigenvalue weighted by atomic mass is 10.2. The third-order valence-electron chi connectivity index (χ3n) is 2.05. The molecule has 1 aromatic heterocycles. The van der Waals surface area contributed by atoms with E-state index in [4.69, 9.17) is 5.26 Å². The number of hydrogen-bond donors (Lipinski definition) is 0. The Kier molecular flexibility index (Phi) is 4.15. The molecular formula is C11H8BrN3S2. The molecule has 1 heterocycles. The van der Waals surface area contributed by atoms with E-state index < -0.39 is 0 Å². The molecule has 0 radical (unpaired) electrons. The van der Waals surface area contributed by atoms with E-state index in [1.807, 2.05) is 25.1 Å². The molecule has 0 unspecified atom stereocenters. The summed E-state index contributed by atoms with van der Waals surface area (Å²) in [7, 11) is 0. The quantitative estimate of drug-likeness (QED) is 0.859. The third kappa shape index (κ3) is 2.86. The van der Waals surface area contributed by atoms with E-state index in [9.17, 15) is 0 Å². The van der Waals surface area contributed by atoms with Crippen LogP contribution in [-0.2, 0) is 6.42 Å². The molecule has 17 heavy (non-hydrogen) atoms. The molecule has 0 amide bonds. The maximum absolute atomic E-state index is 9.10. The SMILES string of the molecule is CCc1nsc(Sc2cccc(Br)c2C#N)n1. The standard InChI is InChI=1S/C11H8BrN3S2/c1-2-10-14-11(17-15-10)16-9-5-3-4-8(12)7(9)6-13/h3-5H,2H2,1H3. The highest BCUT2D eigenvalue weighted by Gasteiger charge is 2.10. The van der Waals surface area contributed by atoms with Crippen LogP contribution < -0.4 is 0 Å². The second-order valence-corrected chi connectivity index (χ2v) is 6.05. The van der Waals surface area contributed by atoms with Crippen molar-refractivity contribution in [2.75, 3.05) is 0 Å². The van der Waals surface area contributed by atoms with Gasteiger partial charge in [-0.25, -0.2) is 4.98 Å². The summed E-state index contributed by atoms with van der Waals surface area (Å²) < 4.78 is 5.91. The van der Waals surface area contributed by atoms with Gasteiger partial charge in [0.15, 0.2) is 4.34 Å². The lowest BCUT2D eigenvalue weighted by Crippen LogP contribution is -1.84. The largest absolute Gasteiger partial charge is 0.213 e. The van der Waals surface area contributed by atoms with Crippen molar-refractivity contribution in [3.05, 3.63) is 34.1 Å². The average molecular weight is 326 g/mol. The van der Waals surface area contributed by atoms with Crippen molar-refractivity contribution in [2.24, 2.45) is 0 Å². The van der Waals surface area contributed by atoms with Gasteiger partial charge in [-0.3, -0.25) is 0 Å². The molecule has 6 heteroatoms. The van der Waals surface area contributed by atoms with Gasteiger partial charge in [0.05, 0.1) is 5.56 Å². The number of nitriles is 1. The van der Waals surface area contributed by atoms with Crippen molar-refractivity contribution in [2.45, 2.75) is 22.6 Å². The molecule has 3 nitrogen and oxygen atoms in total. The van der Waals surface area contributed by atoms with Gasteiger partial charge in [0.25, 0.3) is 0 Å². The smallest absolute Gasteiger partial charge is 0.174 e. The molecule has 0 bridgehead atoms. The molecule has 0 N–H and O–H groups in total. The van der Waals surface area contributed by atoms with Crippen molar-refractivity contribution in [1.82, 2.24) is 9.36 Å². The molecule has 2 aromatic rings. The van der Waals surface area contributed by atoms with Crippen LogP contribution in [0.5, 0.6) is 0 Å². The minimum Gasteiger partial charge on any atom is -0.213 e. The van der Waals surface area contributed by atoms with Crippen molar-refractivity contribution in [3.63, 3.8) is 0 Å². The first-order chi connectivity index (χ1) is 8.24. The van der Waals surface area contributed by atoms with E-state index in [-0.39, 0.29) is 0 Å². The van der Waals surface area contributed by atoms with Gasteiger partial charge < -0.3 is 0 Å². The first-order valence-corrected chi connectivity index (χ1v) is 7.32. The minimum atomic E-state index is 0.644. The van der Waals surface area contributed by atoms with Crippen LogP contribution in [-0.4, -0.2) is 9.36 Å². The maximum atomic E-state index is 9.10. The summed E-state index contributed by atoms with van der Waals surface area (Å²) in [6.07, 6.45) is 0.834. The summed E-state index contributed by atoms with van der Waals surface area (Å²) in [4.78, 5) is 5.28. The van der Waals surface area contributed by atoms with Gasteiger partial charge in [-0.2, -0.15) is 9.64 Å². The predicted octanol–water partition coefficient (Wildman–Crippen LogP) is 3.89. The summed E-state index contributed by atoms with van der Waals surface area (Å²) in [5.74, 6) is 0.853. The van der Waals surface area contributed by atoms with Gasteiger partial charge in [-0.15, -0.1) is 0 Å². The molecule has 2 rings (SSSR count). The summed E-state index contributed by atoms with van der Waals surface area (Å²) in [6, 6.07) is 7.88. The first-order valence-electron chi connectivity index (χ1n) is 4.93. The number of hydrogen-bond acceptors (Lipinski definition) is 5. The van der Waals surface area contributed by atoms with Crippen LogP contribution in [0.25, 0.3) is 0 Å². The molecule has 86 valence electrons. The second-order valence-electron chi connectivity index (χ2n) is 3.16. The Hall–Kier alpha value is -0.900. The maximum Gasteiger partial charge on any atom is 0.174 e. The van der Waals surface area contributed by atoms with Crippen molar-refractivity contribution in [3.8, 4) is 6.07 Å². The van der Waals surface area contributed by atoms with Gasteiger partial charge in [0.2, 0.25) is 0 Å². The van der Waals surface area contributed by atoms with Crippen LogP contribution in [0.3, 0.4) is 0 Å². The Morgan fingerprint density at radius 2 is 2.35 bits per heavy atom. The minimum absolute atomic E-state index is 0.644. The van der Waals surface area contributed by atoms with Crippen LogP contribution in [0.4, 0.5) is 0 Å². The molecule has 1 aromatic carbocycles. The molecule has 0 aliphatic rings. The first kappa shape index (κ1) is 12.6. The third-order valence-corrected chi connectivity index (χ3v) is 4.56. The van der Waals surface area contributed by atoms with E-state index in [1.165, 1.54) is 23.3 Å². The zero-order chi connectivity index (χ0) is 12.3. The van der Waals surface area contributed by atoms with Crippen LogP contribution in [0, 0.1) is 11.3 Å². The monoisotopic (exact) mass is 325 g/mol. The molecular weight excluding hydrogens is 318 g/mol. The molecule has 0 saturated carbocycles. The fraction of sp³-hybridized carbons (Fsp3) is 0.182. The number of aryl methyl sites for hydroxylation is 1. The zero-order valence-electron chi connectivity index (χ0n) is 8.98. The second kappa shape index (κ2) is 5.63. The topological polar surface area (TPSA) is 49.6 Å². The molecule has 0 aliphatic heterocycles. The van der Waals surface area contributed by atoms with E-state index in [1.54, 1.807) is 0 Å². The van der Waals surface area contributed by atoms with E-state index >= 15 is 0 Å². The molecule has 0 saturated heterocycles. The number of halogens is 1. The van der Waals surface area contributed by atoms with Gasteiger partial charge in [0, 0.05) is 15.8 Å². The van der Waals surface area contributed by atoms with E-state index in [0.717, 1.165) is 26.0 Å². The molecule has 0 spiro atoms. The fourth-order valence-electron chi connectivity index (χ4n) is 1.21. The summed E-state index contributed by atoms with van der Waals surface area (Å²) in [6.45, 7) is 2.02. The van der Waals surface area contributed by atoms with Crippen LogP contribution in [0.1, 0.15) is 18.3 Å². The van der Waals surface area contributed by atoms with E-state index in [0.29, 0.717) is 5.56 Å². The lowest BCUT2D eigenvalue weighted by molar-refractivity contribution is 0.971. The van der Waals surface area contributed by atoms with Gasteiger partial charge in [0.1, 0.15) is 11.9 Å². The fourth-order valence-corrected chi connectivity index (χ4v) is 3.57. The van der Waals surface area contributed by atoms with Crippen LogP contribution >= 0.6 is 39.2 Å². The highest BCUT2D eigenvalue weighted by molar-refractivity contribution is 9.10. The number of aromatic nitrogens is 2. The Morgan fingerprint density at radius 3 is 3.00 bits per heavy atom. The molecule has 0 atom stereocenters. The Morgan fingerprint density at radius 1 is 1.53 bits per heavy atom. The summed E-state index contributed by atoms with van der Waals surface area (Å²) in [5.41, 5.74) is 0.644.